The van der Waals surface area contributed by atoms with Crippen LogP contribution in [0.5, 0.6) is 11.5 Å². The zero-order valence-corrected chi connectivity index (χ0v) is 24.0. The summed E-state index contributed by atoms with van der Waals surface area (Å²) in [6, 6.07) is 20.8. The first-order chi connectivity index (χ1) is 19.3. The quantitative estimate of drug-likeness (QED) is 0.286. The number of fused-ring (bicyclic) bond motifs is 1. The van der Waals surface area contributed by atoms with Crippen molar-refractivity contribution >= 4 is 31.6 Å². The van der Waals surface area contributed by atoms with Crippen LogP contribution in [0.1, 0.15) is 27.2 Å². The van der Waals surface area contributed by atoms with Crippen LogP contribution in [0, 0.1) is 12.7 Å². The van der Waals surface area contributed by atoms with Crippen molar-refractivity contribution in [3.05, 3.63) is 107 Å². The lowest BCUT2D eigenvalue weighted by Gasteiger charge is -2.20. The van der Waals surface area contributed by atoms with Gasteiger partial charge in [0.2, 0.25) is 20.0 Å². The molecule has 0 fully saturated rings. The van der Waals surface area contributed by atoms with E-state index in [0.29, 0.717) is 50.8 Å². The third kappa shape index (κ3) is 6.08. The van der Waals surface area contributed by atoms with E-state index in [2.05, 4.69) is 4.98 Å². The normalized spacial score (nSPS) is 13.3. The fourth-order valence-corrected chi connectivity index (χ4v) is 7.76. The molecule has 0 aliphatic carbocycles. The zero-order chi connectivity index (χ0) is 29.5. The number of halogens is 1. The average molecular weight is 596 g/mol. The molecule has 12 heteroatoms. The van der Waals surface area contributed by atoms with E-state index in [1.165, 1.54) is 36.4 Å². The van der Waals surface area contributed by atoms with E-state index in [1.807, 2.05) is 12.1 Å². The second-order valence-electron chi connectivity index (χ2n) is 9.76. The van der Waals surface area contributed by atoms with Gasteiger partial charge < -0.3 is 9.64 Å². The number of rotatable bonds is 8. The minimum atomic E-state index is -4.10. The van der Waals surface area contributed by atoms with Gasteiger partial charge in [0.1, 0.15) is 17.3 Å². The van der Waals surface area contributed by atoms with Crippen LogP contribution in [0.15, 0.2) is 78.9 Å². The van der Waals surface area contributed by atoms with Crippen LogP contribution >= 0.6 is 0 Å². The highest BCUT2D eigenvalue weighted by molar-refractivity contribution is 8.09. The average Bonchev–Trinajstić information content (AvgIpc) is 3.20. The molecule has 4 aromatic rings. The van der Waals surface area contributed by atoms with Crippen molar-refractivity contribution in [3.63, 3.8) is 0 Å². The van der Waals surface area contributed by atoms with Gasteiger partial charge in [-0.15, -0.1) is 0 Å². The Balaban J connectivity index is 1.36. The number of anilines is 1. The number of amides is 1. The fraction of sp³-hybridized carbons (Fsp3) is 0.172. The predicted octanol–water partition coefficient (Wildman–Crippen LogP) is 4.87. The molecule has 0 N–H and O–H groups in total. The topological polar surface area (TPSA) is 114 Å². The third-order valence-corrected chi connectivity index (χ3v) is 9.70. The minimum absolute atomic E-state index is 0.0305. The Morgan fingerprint density at radius 1 is 0.902 bits per heavy atom. The molecule has 0 spiro atoms. The summed E-state index contributed by atoms with van der Waals surface area (Å²) in [5, 5.41) is 0. The van der Waals surface area contributed by atoms with Gasteiger partial charge in [-0.25, -0.2) is 21.2 Å². The van der Waals surface area contributed by atoms with Gasteiger partial charge in [0.15, 0.2) is 0 Å². The van der Waals surface area contributed by atoms with Crippen molar-refractivity contribution in [2.45, 2.75) is 20.0 Å². The molecule has 1 aromatic heterocycles. The summed E-state index contributed by atoms with van der Waals surface area (Å²) in [6.45, 7) is 2.43. The van der Waals surface area contributed by atoms with Crippen molar-refractivity contribution in [1.82, 2.24) is 9.88 Å². The number of aromatic nitrogens is 1. The van der Waals surface area contributed by atoms with Crippen molar-refractivity contribution in [1.29, 1.82) is 0 Å². The summed E-state index contributed by atoms with van der Waals surface area (Å²) < 4.78 is 68.2. The van der Waals surface area contributed by atoms with E-state index >= 15 is 0 Å². The van der Waals surface area contributed by atoms with Gasteiger partial charge in [0, 0.05) is 18.7 Å². The molecule has 212 valence electrons. The number of carbonyl (C=O) groups excluding carboxylic acids is 1. The van der Waals surface area contributed by atoms with E-state index in [1.54, 1.807) is 42.2 Å². The zero-order valence-electron chi connectivity index (χ0n) is 22.4. The summed E-state index contributed by atoms with van der Waals surface area (Å²) in [4.78, 5) is 19.5. The molecule has 1 amide bonds. The number of aryl methyl sites for hydroxylation is 1. The maximum Gasteiger partial charge on any atom is 0.256 e. The Kier molecular flexibility index (Phi) is 7.30. The second kappa shape index (κ2) is 10.6. The van der Waals surface area contributed by atoms with Gasteiger partial charge in [-0.2, -0.15) is 3.71 Å². The Bertz CT molecular complexity index is 1830. The van der Waals surface area contributed by atoms with Gasteiger partial charge >= 0.3 is 0 Å². The predicted molar refractivity (Wildman–Crippen MR) is 153 cm³/mol. The van der Waals surface area contributed by atoms with Gasteiger partial charge in [-0.1, -0.05) is 24.3 Å². The number of hydrogen-bond donors (Lipinski definition) is 0. The van der Waals surface area contributed by atoms with E-state index in [-0.39, 0.29) is 17.4 Å². The molecule has 3 aromatic carbocycles. The van der Waals surface area contributed by atoms with Gasteiger partial charge in [0.25, 0.3) is 5.91 Å². The van der Waals surface area contributed by atoms with E-state index in [0.717, 1.165) is 23.6 Å². The molecule has 9 nitrogen and oxygen atoms in total. The fourth-order valence-electron chi connectivity index (χ4n) is 4.80. The van der Waals surface area contributed by atoms with Gasteiger partial charge in [0.05, 0.1) is 35.2 Å². The first-order valence-electron chi connectivity index (χ1n) is 12.4. The van der Waals surface area contributed by atoms with E-state index in [4.69, 9.17) is 4.74 Å². The van der Waals surface area contributed by atoms with Gasteiger partial charge in [-0.05, 0) is 72.6 Å². The highest BCUT2D eigenvalue weighted by Crippen LogP contribution is 2.33. The maximum absolute atomic E-state index is 13.3. The second-order valence-corrected chi connectivity index (χ2v) is 13.7. The molecule has 0 saturated carbocycles. The first kappa shape index (κ1) is 28.2. The number of nitrogens with zero attached hydrogens (tertiary/aromatic N) is 3. The van der Waals surface area contributed by atoms with Gasteiger partial charge in [-0.3, -0.25) is 9.78 Å². The summed E-state index contributed by atoms with van der Waals surface area (Å²) in [7, 11) is -8.21. The van der Waals surface area contributed by atoms with Crippen molar-refractivity contribution < 1.29 is 30.8 Å². The van der Waals surface area contributed by atoms with E-state index in [9.17, 15) is 26.0 Å². The Morgan fingerprint density at radius 3 is 2.12 bits per heavy atom. The van der Waals surface area contributed by atoms with Crippen LogP contribution < -0.4 is 8.45 Å². The van der Waals surface area contributed by atoms with Crippen LogP contribution in [0.25, 0.3) is 11.3 Å². The number of pyridine rings is 1. The highest BCUT2D eigenvalue weighted by atomic mass is 32.3. The number of benzene rings is 3. The molecule has 1 aliphatic heterocycles. The van der Waals surface area contributed by atoms with Crippen molar-refractivity contribution in [2.24, 2.45) is 0 Å². The summed E-state index contributed by atoms with van der Waals surface area (Å²) in [6.07, 6.45) is 1.65. The van der Waals surface area contributed by atoms with Crippen LogP contribution in [0.2, 0.25) is 0 Å². The van der Waals surface area contributed by atoms with Crippen LogP contribution in [-0.2, 0) is 33.1 Å². The number of sulfonamides is 2. The smallest absolute Gasteiger partial charge is 0.256 e. The molecule has 0 atom stereocenters. The number of carbonyl (C=O) groups is 1. The Morgan fingerprint density at radius 2 is 1.51 bits per heavy atom. The summed E-state index contributed by atoms with van der Waals surface area (Å²) >= 11 is 0. The number of hydrogen-bond acceptors (Lipinski definition) is 7. The van der Waals surface area contributed by atoms with Crippen LogP contribution in [0.4, 0.5) is 10.1 Å². The first-order valence-corrected chi connectivity index (χ1v) is 16.1. The summed E-state index contributed by atoms with van der Waals surface area (Å²) in [5.74, 6) is 0.584. The van der Waals surface area contributed by atoms with Crippen molar-refractivity contribution in [3.8, 4) is 22.8 Å². The minimum Gasteiger partial charge on any atom is -0.457 e. The third-order valence-electron chi connectivity index (χ3n) is 6.45. The molecular formula is C29H26FN3O6S2. The highest BCUT2D eigenvalue weighted by Gasteiger charge is 2.31. The molecule has 0 unspecified atom stereocenters. The van der Waals surface area contributed by atoms with E-state index < -0.39 is 20.0 Å². The molecular weight excluding hydrogens is 569 g/mol. The van der Waals surface area contributed by atoms with Crippen LogP contribution in [-0.4, -0.2) is 45.1 Å². The lowest BCUT2D eigenvalue weighted by Crippen LogP contribution is -2.35. The largest absolute Gasteiger partial charge is 0.457 e. The maximum atomic E-state index is 13.3. The van der Waals surface area contributed by atoms with Crippen LogP contribution in [0.3, 0.4) is 0 Å². The SMILES string of the molecule is Cc1nc(-c2cccc(N(S(C)(=O)=O)S(C)(=O)=O)c2)cc2c1C(=O)N(Cc1ccc(Oc3ccc(F)cc3)cc1)C2. The molecule has 2 heterocycles. The molecule has 5 rings (SSSR count). The van der Waals surface area contributed by atoms with Crippen molar-refractivity contribution in [2.75, 3.05) is 16.2 Å². The Labute approximate surface area is 237 Å². The molecule has 0 bridgehead atoms. The molecule has 0 radical (unpaired) electrons. The standard InChI is InChI=1S/C29H26FN3O6S2/c1-19-28-22(16-27(31-19)21-5-4-6-24(15-21)33(40(2,35)36)41(3,37)38)18-32(29(28)34)17-20-7-11-25(12-8-20)39-26-13-9-23(30)10-14-26/h4-16H,17-18H2,1-3H3. The Hall–Kier alpha value is -4.29. The molecule has 41 heavy (non-hydrogen) atoms. The number of ether oxygens (including phenoxy) is 1. The molecule has 1 aliphatic rings. The molecule has 0 saturated heterocycles. The monoisotopic (exact) mass is 595 g/mol. The summed E-state index contributed by atoms with van der Waals surface area (Å²) in [5.41, 5.74) is 3.64. The lowest BCUT2D eigenvalue weighted by atomic mass is 10.0. The lowest BCUT2D eigenvalue weighted by molar-refractivity contribution is 0.0766.